The molecule has 0 heterocycles. The summed E-state index contributed by atoms with van der Waals surface area (Å²) in [6.07, 6.45) is 0. The van der Waals surface area contributed by atoms with Crippen molar-refractivity contribution < 1.29 is 19.4 Å². The van der Waals surface area contributed by atoms with Gasteiger partial charge in [-0.2, -0.15) is 0 Å². The first kappa shape index (κ1) is 15.4. The summed E-state index contributed by atoms with van der Waals surface area (Å²) in [4.78, 5) is 22.7. The van der Waals surface area contributed by atoms with E-state index in [-0.39, 0.29) is 16.1 Å². The van der Waals surface area contributed by atoms with Crippen LogP contribution in [-0.4, -0.2) is 24.2 Å². The first-order valence-corrected chi connectivity index (χ1v) is 6.60. The Morgan fingerprint density at radius 3 is 2.33 bits per heavy atom. The molecular weight excluding hydrogens is 315 g/mol. The zero-order chi connectivity index (χ0) is 15.6. The molecule has 0 aliphatic rings. The molecule has 2 aromatic rings. The van der Waals surface area contributed by atoms with Crippen molar-refractivity contribution in [1.29, 1.82) is 0 Å². The number of benzene rings is 2. The van der Waals surface area contributed by atoms with Crippen molar-refractivity contribution in [3.63, 3.8) is 0 Å². The molecule has 0 aromatic heterocycles. The first-order valence-electron chi connectivity index (χ1n) is 5.85. The molecule has 0 amide bonds. The average Bonchev–Trinajstić information content (AvgIpc) is 2.47. The van der Waals surface area contributed by atoms with Crippen LogP contribution < -0.4 is 0 Å². The summed E-state index contributed by atoms with van der Waals surface area (Å²) in [5, 5.41) is 9.65. The van der Waals surface area contributed by atoms with E-state index >= 15 is 0 Å². The highest BCUT2D eigenvalue weighted by molar-refractivity contribution is 6.34. The molecule has 21 heavy (non-hydrogen) atoms. The van der Waals surface area contributed by atoms with Gasteiger partial charge in [-0.25, -0.2) is 9.59 Å². The van der Waals surface area contributed by atoms with Gasteiger partial charge in [-0.3, -0.25) is 0 Å². The molecule has 0 bridgehead atoms. The van der Waals surface area contributed by atoms with Gasteiger partial charge in [0, 0.05) is 10.6 Å². The number of methoxy groups -OCH3 is 1. The van der Waals surface area contributed by atoms with E-state index in [2.05, 4.69) is 4.74 Å². The van der Waals surface area contributed by atoms with Crippen LogP contribution in [0.15, 0.2) is 36.4 Å². The second kappa shape index (κ2) is 6.16. The molecule has 2 rings (SSSR count). The van der Waals surface area contributed by atoms with E-state index in [1.165, 1.54) is 37.4 Å². The lowest BCUT2D eigenvalue weighted by Crippen LogP contribution is -2.02. The van der Waals surface area contributed by atoms with Crippen LogP contribution in [0, 0.1) is 0 Å². The minimum atomic E-state index is -1.06. The molecule has 0 aliphatic carbocycles. The van der Waals surface area contributed by atoms with Crippen molar-refractivity contribution in [3.05, 3.63) is 57.6 Å². The van der Waals surface area contributed by atoms with Crippen LogP contribution in [0.2, 0.25) is 10.0 Å². The maximum atomic E-state index is 11.6. The lowest BCUT2D eigenvalue weighted by Gasteiger charge is -2.09. The standard InChI is InChI=1S/C15H10Cl2O4/c1-21-15(20)11-6-8(2-4-13(11)17)10-7-9(14(18)19)3-5-12(10)16/h2-7H,1H3,(H,18,19). The van der Waals surface area contributed by atoms with E-state index in [0.29, 0.717) is 16.1 Å². The molecule has 0 atom stereocenters. The number of ether oxygens (including phenoxy) is 1. The van der Waals surface area contributed by atoms with Gasteiger partial charge in [0.25, 0.3) is 0 Å². The number of aromatic carboxylic acids is 1. The van der Waals surface area contributed by atoms with Crippen LogP contribution in [0.3, 0.4) is 0 Å². The third-order valence-electron chi connectivity index (χ3n) is 2.90. The Kier molecular flexibility index (Phi) is 4.50. The Morgan fingerprint density at radius 1 is 1.05 bits per heavy atom. The van der Waals surface area contributed by atoms with Crippen LogP contribution >= 0.6 is 23.2 Å². The molecular formula is C15H10Cl2O4. The lowest BCUT2D eigenvalue weighted by atomic mass is 10.0. The van der Waals surface area contributed by atoms with Crippen LogP contribution in [0.1, 0.15) is 20.7 Å². The molecule has 0 spiro atoms. The minimum Gasteiger partial charge on any atom is -0.478 e. The Bertz CT molecular complexity index is 726. The fourth-order valence-corrected chi connectivity index (χ4v) is 2.26. The minimum absolute atomic E-state index is 0.101. The van der Waals surface area contributed by atoms with Gasteiger partial charge in [-0.15, -0.1) is 0 Å². The fraction of sp³-hybridized carbons (Fsp3) is 0.0667. The monoisotopic (exact) mass is 324 g/mol. The molecule has 108 valence electrons. The van der Waals surface area contributed by atoms with Crippen molar-refractivity contribution in [2.24, 2.45) is 0 Å². The van der Waals surface area contributed by atoms with Crippen molar-refractivity contribution in [2.75, 3.05) is 7.11 Å². The third-order valence-corrected chi connectivity index (χ3v) is 3.56. The van der Waals surface area contributed by atoms with Gasteiger partial charge in [0.15, 0.2) is 0 Å². The molecule has 0 saturated carbocycles. The summed E-state index contributed by atoms with van der Waals surface area (Å²) in [5.74, 6) is -1.64. The summed E-state index contributed by atoms with van der Waals surface area (Å²) in [5.41, 5.74) is 1.36. The van der Waals surface area contributed by atoms with E-state index in [4.69, 9.17) is 28.3 Å². The highest BCUT2D eigenvalue weighted by Crippen LogP contribution is 2.31. The zero-order valence-corrected chi connectivity index (χ0v) is 12.4. The number of rotatable bonds is 3. The van der Waals surface area contributed by atoms with Crippen LogP contribution in [0.25, 0.3) is 11.1 Å². The van der Waals surface area contributed by atoms with E-state index in [9.17, 15) is 9.59 Å². The molecule has 0 radical (unpaired) electrons. The van der Waals surface area contributed by atoms with Crippen molar-refractivity contribution in [1.82, 2.24) is 0 Å². The van der Waals surface area contributed by atoms with E-state index in [1.54, 1.807) is 6.07 Å². The second-order valence-corrected chi connectivity index (χ2v) is 5.00. The molecule has 6 heteroatoms. The summed E-state index contributed by atoms with van der Waals surface area (Å²) >= 11 is 12.0. The number of esters is 1. The van der Waals surface area contributed by atoms with Gasteiger partial charge in [0.05, 0.1) is 23.3 Å². The summed E-state index contributed by atoms with van der Waals surface area (Å²) in [7, 11) is 1.25. The molecule has 1 N–H and O–H groups in total. The molecule has 0 saturated heterocycles. The van der Waals surface area contributed by atoms with Crippen molar-refractivity contribution in [3.8, 4) is 11.1 Å². The van der Waals surface area contributed by atoms with Crippen LogP contribution in [-0.2, 0) is 4.74 Å². The van der Waals surface area contributed by atoms with Gasteiger partial charge in [-0.05, 0) is 35.9 Å². The van der Waals surface area contributed by atoms with Crippen LogP contribution in [0.4, 0.5) is 0 Å². The maximum Gasteiger partial charge on any atom is 0.339 e. The Hall–Kier alpha value is -2.04. The lowest BCUT2D eigenvalue weighted by molar-refractivity contribution is 0.0600. The number of hydrogen-bond donors (Lipinski definition) is 1. The molecule has 0 aliphatic heterocycles. The van der Waals surface area contributed by atoms with Gasteiger partial charge in [-0.1, -0.05) is 29.3 Å². The largest absolute Gasteiger partial charge is 0.478 e. The highest BCUT2D eigenvalue weighted by atomic mass is 35.5. The van der Waals surface area contributed by atoms with Crippen LogP contribution in [0.5, 0.6) is 0 Å². The Morgan fingerprint density at radius 2 is 1.71 bits per heavy atom. The van der Waals surface area contributed by atoms with Crippen molar-refractivity contribution >= 4 is 35.1 Å². The Balaban J connectivity index is 2.59. The molecule has 4 nitrogen and oxygen atoms in total. The maximum absolute atomic E-state index is 11.6. The molecule has 0 fully saturated rings. The Labute approximate surface area is 130 Å². The summed E-state index contributed by atoms with van der Waals surface area (Å²) in [6, 6.07) is 9.04. The topological polar surface area (TPSA) is 63.6 Å². The SMILES string of the molecule is COC(=O)c1cc(-c2cc(C(=O)O)ccc2Cl)ccc1Cl. The third kappa shape index (κ3) is 3.17. The summed E-state index contributed by atoms with van der Waals surface area (Å²) < 4.78 is 4.65. The zero-order valence-electron chi connectivity index (χ0n) is 10.9. The summed E-state index contributed by atoms with van der Waals surface area (Å²) in [6.45, 7) is 0. The van der Waals surface area contributed by atoms with Gasteiger partial charge < -0.3 is 9.84 Å². The van der Waals surface area contributed by atoms with E-state index in [0.717, 1.165) is 0 Å². The number of carbonyl (C=O) groups is 2. The van der Waals surface area contributed by atoms with E-state index in [1.807, 2.05) is 0 Å². The number of carboxylic acids is 1. The predicted octanol–water partition coefficient (Wildman–Crippen LogP) is 4.15. The molecule has 0 unspecified atom stereocenters. The van der Waals surface area contributed by atoms with Crippen molar-refractivity contribution in [2.45, 2.75) is 0 Å². The number of halogens is 2. The quantitative estimate of drug-likeness (QED) is 0.861. The highest BCUT2D eigenvalue weighted by Gasteiger charge is 2.14. The number of hydrogen-bond acceptors (Lipinski definition) is 3. The molecule has 2 aromatic carbocycles. The van der Waals surface area contributed by atoms with Gasteiger partial charge in [0.1, 0.15) is 0 Å². The average molecular weight is 325 g/mol. The van der Waals surface area contributed by atoms with E-state index < -0.39 is 11.9 Å². The smallest absolute Gasteiger partial charge is 0.339 e. The normalized spacial score (nSPS) is 10.2. The van der Waals surface area contributed by atoms with Gasteiger partial charge >= 0.3 is 11.9 Å². The van der Waals surface area contributed by atoms with Gasteiger partial charge in [0.2, 0.25) is 0 Å². The fourth-order valence-electron chi connectivity index (χ4n) is 1.84. The number of carbonyl (C=O) groups excluding carboxylic acids is 1. The second-order valence-electron chi connectivity index (χ2n) is 4.19. The number of carboxylic acid groups (broad SMARTS) is 1. The predicted molar refractivity (Wildman–Crippen MR) is 80.2 cm³/mol. The first-order chi connectivity index (χ1) is 9.93.